The van der Waals surface area contributed by atoms with Crippen LogP contribution in [0.25, 0.3) is 0 Å². The molecule has 0 bridgehead atoms. The van der Waals surface area contributed by atoms with E-state index in [1.54, 1.807) is 19.4 Å². The van der Waals surface area contributed by atoms with Crippen LogP contribution in [0.3, 0.4) is 0 Å². The van der Waals surface area contributed by atoms with Crippen molar-refractivity contribution in [2.45, 2.75) is 25.7 Å². The lowest BCUT2D eigenvalue weighted by molar-refractivity contribution is -0.125. The lowest BCUT2D eigenvalue weighted by atomic mass is 9.96. The molecule has 8 nitrogen and oxygen atoms in total. The number of hydrogen-bond donors (Lipinski definition) is 1. The topological polar surface area (TPSA) is 73.8 Å². The molecule has 1 aromatic heterocycles. The molecular formula is C20H34N6O2. The highest BCUT2D eigenvalue weighted by molar-refractivity contribution is 5.78. The molecule has 8 heteroatoms. The Morgan fingerprint density at radius 1 is 1.18 bits per heavy atom. The molecule has 2 fully saturated rings. The Bertz CT molecular complexity index is 612. The highest BCUT2D eigenvalue weighted by Crippen LogP contribution is 2.21. The SMILES string of the molecule is COc1ccnc(N2CCC(C(=O)NCCCCN3CCN(C)CC3)CC2)n1. The van der Waals surface area contributed by atoms with Crippen molar-refractivity contribution in [3.63, 3.8) is 0 Å². The fourth-order valence-corrected chi connectivity index (χ4v) is 3.83. The van der Waals surface area contributed by atoms with Crippen molar-refractivity contribution in [1.29, 1.82) is 0 Å². The Labute approximate surface area is 168 Å². The minimum Gasteiger partial charge on any atom is -0.481 e. The number of hydrogen-bond acceptors (Lipinski definition) is 7. The van der Waals surface area contributed by atoms with Crippen molar-refractivity contribution in [1.82, 2.24) is 25.1 Å². The van der Waals surface area contributed by atoms with Gasteiger partial charge in [0.05, 0.1) is 7.11 Å². The number of piperidine rings is 1. The van der Waals surface area contributed by atoms with Gasteiger partial charge in [0.1, 0.15) is 0 Å². The summed E-state index contributed by atoms with van der Waals surface area (Å²) in [6.45, 7) is 8.18. The molecule has 0 radical (unpaired) electrons. The molecule has 0 aliphatic carbocycles. The lowest BCUT2D eigenvalue weighted by Crippen LogP contribution is -2.44. The number of rotatable bonds is 8. The first-order valence-corrected chi connectivity index (χ1v) is 10.5. The van der Waals surface area contributed by atoms with Crippen LogP contribution in [0, 0.1) is 5.92 Å². The Morgan fingerprint density at radius 2 is 1.93 bits per heavy atom. The van der Waals surface area contributed by atoms with Crippen LogP contribution < -0.4 is 15.0 Å². The van der Waals surface area contributed by atoms with Crippen LogP contribution in [0.2, 0.25) is 0 Å². The lowest BCUT2D eigenvalue weighted by Gasteiger charge is -2.32. The van der Waals surface area contributed by atoms with Crippen LogP contribution in [0.15, 0.2) is 12.3 Å². The van der Waals surface area contributed by atoms with Crippen molar-refractivity contribution in [2.75, 3.05) is 71.4 Å². The first kappa shape index (κ1) is 20.8. The van der Waals surface area contributed by atoms with Gasteiger partial charge in [-0.3, -0.25) is 4.79 Å². The number of methoxy groups -OCH3 is 1. The van der Waals surface area contributed by atoms with Crippen molar-refractivity contribution < 1.29 is 9.53 Å². The van der Waals surface area contributed by atoms with E-state index in [-0.39, 0.29) is 11.8 Å². The van der Waals surface area contributed by atoms with Crippen molar-refractivity contribution in [3.8, 4) is 5.88 Å². The number of ether oxygens (including phenoxy) is 1. The van der Waals surface area contributed by atoms with Crippen molar-refractivity contribution in [2.24, 2.45) is 5.92 Å². The summed E-state index contributed by atoms with van der Waals surface area (Å²) in [5.41, 5.74) is 0. The van der Waals surface area contributed by atoms with Gasteiger partial charge >= 0.3 is 0 Å². The third kappa shape index (κ3) is 6.04. The van der Waals surface area contributed by atoms with E-state index in [0.717, 1.165) is 65.0 Å². The summed E-state index contributed by atoms with van der Waals surface area (Å²) in [6, 6.07) is 1.74. The number of nitrogens with zero attached hydrogens (tertiary/aromatic N) is 5. The third-order valence-corrected chi connectivity index (χ3v) is 5.77. The summed E-state index contributed by atoms with van der Waals surface area (Å²) in [5.74, 6) is 1.55. The van der Waals surface area contributed by atoms with E-state index in [1.165, 1.54) is 13.1 Å². The Kier molecular flexibility index (Phi) is 7.85. The molecule has 0 aromatic carbocycles. The molecule has 3 rings (SSSR count). The quantitative estimate of drug-likeness (QED) is 0.660. The van der Waals surface area contributed by atoms with Gasteiger partial charge in [0.25, 0.3) is 0 Å². The number of piperazine rings is 1. The van der Waals surface area contributed by atoms with Gasteiger partial charge in [0.15, 0.2) is 0 Å². The minimum absolute atomic E-state index is 0.0967. The Hall–Kier alpha value is -1.93. The van der Waals surface area contributed by atoms with E-state index in [4.69, 9.17) is 4.74 Å². The Morgan fingerprint density at radius 3 is 2.64 bits per heavy atom. The first-order valence-electron chi connectivity index (χ1n) is 10.5. The normalized spacial score (nSPS) is 19.6. The number of anilines is 1. The maximum absolute atomic E-state index is 12.4. The highest BCUT2D eigenvalue weighted by atomic mass is 16.5. The number of carbonyl (C=O) groups is 1. The maximum Gasteiger partial charge on any atom is 0.228 e. The predicted molar refractivity (Wildman–Crippen MR) is 110 cm³/mol. The predicted octanol–water partition coefficient (Wildman–Crippen LogP) is 0.845. The molecule has 2 aliphatic heterocycles. The van der Waals surface area contributed by atoms with Gasteiger partial charge < -0.3 is 24.8 Å². The van der Waals surface area contributed by atoms with E-state index in [2.05, 4.69) is 37.0 Å². The number of nitrogens with one attached hydrogen (secondary N) is 1. The molecule has 0 atom stereocenters. The van der Waals surface area contributed by atoms with E-state index >= 15 is 0 Å². The zero-order valence-corrected chi connectivity index (χ0v) is 17.3. The summed E-state index contributed by atoms with van der Waals surface area (Å²) in [6.07, 6.45) is 5.59. The molecule has 2 saturated heterocycles. The molecule has 1 aromatic rings. The molecule has 0 unspecified atom stereocenters. The second-order valence-electron chi connectivity index (χ2n) is 7.80. The van der Waals surface area contributed by atoms with E-state index < -0.39 is 0 Å². The van der Waals surface area contributed by atoms with Crippen molar-refractivity contribution in [3.05, 3.63) is 12.3 Å². The molecule has 28 heavy (non-hydrogen) atoms. The van der Waals surface area contributed by atoms with Gasteiger partial charge in [-0.05, 0) is 39.3 Å². The number of aromatic nitrogens is 2. The minimum atomic E-state index is 0.0967. The molecule has 0 spiro atoms. The zero-order valence-electron chi connectivity index (χ0n) is 17.3. The standard InChI is InChI=1S/C20H34N6O2/c1-24-13-15-25(16-14-24)10-4-3-8-21-19(27)17-6-11-26(12-7-17)20-22-9-5-18(23-20)28-2/h5,9,17H,3-4,6-8,10-16H2,1-2H3,(H,21,27). The summed E-state index contributed by atoms with van der Waals surface area (Å²) in [7, 11) is 3.79. The summed E-state index contributed by atoms with van der Waals surface area (Å²) in [5, 5.41) is 3.13. The van der Waals surface area contributed by atoms with Crippen LogP contribution in [-0.4, -0.2) is 92.2 Å². The second kappa shape index (κ2) is 10.6. The van der Waals surface area contributed by atoms with E-state index in [9.17, 15) is 4.79 Å². The van der Waals surface area contributed by atoms with Gasteiger partial charge in [-0.2, -0.15) is 4.98 Å². The average Bonchev–Trinajstić information content (AvgIpc) is 2.75. The molecule has 1 N–H and O–H groups in total. The van der Waals surface area contributed by atoms with Gasteiger partial charge in [-0.25, -0.2) is 4.98 Å². The van der Waals surface area contributed by atoms with Crippen LogP contribution in [0.5, 0.6) is 5.88 Å². The maximum atomic E-state index is 12.4. The fourth-order valence-electron chi connectivity index (χ4n) is 3.83. The third-order valence-electron chi connectivity index (χ3n) is 5.77. The van der Waals surface area contributed by atoms with Crippen LogP contribution >= 0.6 is 0 Å². The Balaban J connectivity index is 1.29. The molecule has 156 valence electrons. The number of likely N-dealkylation sites (N-methyl/N-ethyl adjacent to an activating group) is 1. The monoisotopic (exact) mass is 390 g/mol. The summed E-state index contributed by atoms with van der Waals surface area (Å²) in [4.78, 5) is 28.2. The summed E-state index contributed by atoms with van der Waals surface area (Å²) >= 11 is 0. The molecule has 2 aliphatic rings. The van der Waals surface area contributed by atoms with Crippen LogP contribution in [-0.2, 0) is 4.79 Å². The first-order chi connectivity index (χ1) is 13.7. The van der Waals surface area contributed by atoms with Gasteiger partial charge in [-0.15, -0.1) is 0 Å². The molecule has 0 saturated carbocycles. The zero-order chi connectivity index (χ0) is 19.8. The second-order valence-corrected chi connectivity index (χ2v) is 7.80. The average molecular weight is 391 g/mol. The largest absolute Gasteiger partial charge is 0.481 e. The fraction of sp³-hybridized carbons (Fsp3) is 0.750. The number of unbranched alkanes of at least 4 members (excludes halogenated alkanes) is 1. The highest BCUT2D eigenvalue weighted by Gasteiger charge is 2.26. The molecular weight excluding hydrogens is 356 g/mol. The van der Waals surface area contributed by atoms with Crippen LogP contribution in [0.1, 0.15) is 25.7 Å². The number of amides is 1. The summed E-state index contributed by atoms with van der Waals surface area (Å²) < 4.78 is 5.17. The van der Waals surface area contributed by atoms with Gasteiger partial charge in [0.2, 0.25) is 17.7 Å². The molecule has 3 heterocycles. The van der Waals surface area contributed by atoms with Crippen molar-refractivity contribution >= 4 is 11.9 Å². The molecule has 1 amide bonds. The number of carbonyl (C=O) groups excluding carboxylic acids is 1. The van der Waals surface area contributed by atoms with Gasteiger partial charge in [0, 0.05) is 64.0 Å². The van der Waals surface area contributed by atoms with E-state index in [1.807, 2.05) is 0 Å². The van der Waals surface area contributed by atoms with E-state index in [0.29, 0.717) is 11.8 Å². The van der Waals surface area contributed by atoms with Gasteiger partial charge in [-0.1, -0.05) is 0 Å². The smallest absolute Gasteiger partial charge is 0.228 e. The van der Waals surface area contributed by atoms with Crippen LogP contribution in [0.4, 0.5) is 5.95 Å².